The molecular weight excluding hydrogens is 234 g/mol. The van der Waals surface area contributed by atoms with Crippen LogP contribution in [0.1, 0.15) is 29.3 Å². The van der Waals surface area contributed by atoms with Crippen LogP contribution in [-0.4, -0.2) is 12.3 Å². The summed E-state index contributed by atoms with van der Waals surface area (Å²) >= 11 is 0. The van der Waals surface area contributed by atoms with Gasteiger partial charge in [0.25, 0.3) is 0 Å². The summed E-state index contributed by atoms with van der Waals surface area (Å²) in [5, 5.41) is 0. The maximum Gasteiger partial charge on any atom is 0.159 e. The number of hydrogen-bond acceptors (Lipinski definition) is 2. The quantitative estimate of drug-likeness (QED) is 0.753. The summed E-state index contributed by atoms with van der Waals surface area (Å²) in [4.78, 5) is 13.7. The molecule has 2 aromatic carbocycles. The molecule has 2 nitrogen and oxygen atoms in total. The third kappa shape index (κ3) is 2.26. The predicted octanol–water partition coefficient (Wildman–Crippen LogP) is 3.97. The summed E-state index contributed by atoms with van der Waals surface area (Å²) in [6.45, 7) is 2.64. The van der Waals surface area contributed by atoms with Crippen LogP contribution < -0.4 is 4.90 Å². The average Bonchev–Trinajstić information content (AvgIpc) is 2.47. The highest BCUT2D eigenvalue weighted by molar-refractivity contribution is 5.94. The summed E-state index contributed by atoms with van der Waals surface area (Å²) in [6.07, 6.45) is 2.32. The van der Waals surface area contributed by atoms with Crippen molar-refractivity contribution in [2.45, 2.75) is 19.8 Å². The van der Waals surface area contributed by atoms with E-state index in [1.165, 1.54) is 17.7 Å². The third-order valence-corrected chi connectivity index (χ3v) is 3.70. The number of nitrogens with zero attached hydrogens (tertiary/aromatic N) is 1. The fourth-order valence-corrected chi connectivity index (χ4v) is 2.68. The zero-order valence-electron chi connectivity index (χ0n) is 11.1. The summed E-state index contributed by atoms with van der Waals surface area (Å²) in [7, 11) is 0. The van der Waals surface area contributed by atoms with Gasteiger partial charge in [0.15, 0.2) is 5.78 Å². The van der Waals surface area contributed by atoms with Gasteiger partial charge in [0, 0.05) is 23.5 Å². The molecule has 1 aliphatic rings. The second-order valence-corrected chi connectivity index (χ2v) is 4.99. The highest BCUT2D eigenvalue weighted by atomic mass is 16.1. The van der Waals surface area contributed by atoms with E-state index in [1.54, 1.807) is 6.92 Å². The number of para-hydroxylation sites is 1. The molecule has 0 radical (unpaired) electrons. The van der Waals surface area contributed by atoms with Gasteiger partial charge in [-0.3, -0.25) is 4.79 Å². The Balaban J connectivity index is 1.97. The molecule has 0 aromatic heterocycles. The first-order valence-corrected chi connectivity index (χ1v) is 6.72. The fourth-order valence-electron chi connectivity index (χ4n) is 2.68. The van der Waals surface area contributed by atoms with E-state index in [0.29, 0.717) is 0 Å². The van der Waals surface area contributed by atoms with E-state index in [0.717, 1.165) is 24.2 Å². The number of fused-ring (bicyclic) bond motifs is 1. The molecule has 0 N–H and O–H groups in total. The number of hydrogen-bond donors (Lipinski definition) is 0. The van der Waals surface area contributed by atoms with Gasteiger partial charge in [0.1, 0.15) is 0 Å². The lowest BCUT2D eigenvalue weighted by molar-refractivity contribution is 0.101. The first-order valence-electron chi connectivity index (χ1n) is 6.72. The highest BCUT2D eigenvalue weighted by Gasteiger charge is 2.17. The molecule has 0 atom stereocenters. The number of rotatable bonds is 2. The number of carbonyl (C=O) groups is 1. The number of ketones is 1. The highest BCUT2D eigenvalue weighted by Crippen LogP contribution is 2.33. The molecule has 0 spiro atoms. The molecule has 2 heteroatoms. The Hall–Kier alpha value is -2.09. The molecule has 2 aromatic rings. The van der Waals surface area contributed by atoms with Gasteiger partial charge in [0.05, 0.1) is 0 Å². The first kappa shape index (κ1) is 12.0. The summed E-state index contributed by atoms with van der Waals surface area (Å²) in [6, 6.07) is 16.5. The number of Topliss-reactive ketones (excluding diaryl/α,β-unsaturated/α-hetero) is 1. The van der Waals surface area contributed by atoms with Gasteiger partial charge in [-0.1, -0.05) is 18.2 Å². The molecule has 1 heterocycles. The van der Waals surface area contributed by atoms with Crippen molar-refractivity contribution < 1.29 is 4.79 Å². The SMILES string of the molecule is CC(=O)c1ccc(N2CCCc3ccccc32)cc1. The maximum absolute atomic E-state index is 11.3. The largest absolute Gasteiger partial charge is 0.341 e. The molecule has 0 amide bonds. The van der Waals surface area contributed by atoms with Crippen molar-refractivity contribution in [2.24, 2.45) is 0 Å². The molecule has 19 heavy (non-hydrogen) atoms. The van der Waals surface area contributed by atoms with E-state index in [4.69, 9.17) is 0 Å². The second kappa shape index (κ2) is 4.88. The molecule has 0 bridgehead atoms. The molecule has 1 aliphatic heterocycles. The van der Waals surface area contributed by atoms with Crippen molar-refractivity contribution in [3.63, 3.8) is 0 Å². The number of anilines is 2. The van der Waals surface area contributed by atoms with Crippen LogP contribution in [0.25, 0.3) is 0 Å². The zero-order valence-corrected chi connectivity index (χ0v) is 11.1. The number of benzene rings is 2. The smallest absolute Gasteiger partial charge is 0.159 e. The zero-order chi connectivity index (χ0) is 13.2. The minimum absolute atomic E-state index is 0.116. The van der Waals surface area contributed by atoms with E-state index < -0.39 is 0 Å². The van der Waals surface area contributed by atoms with E-state index in [1.807, 2.05) is 24.3 Å². The standard InChI is InChI=1S/C17H17NO/c1-13(19)14-8-10-16(11-9-14)18-12-4-6-15-5-2-3-7-17(15)18/h2-3,5,7-11H,4,6,12H2,1H3. The van der Waals surface area contributed by atoms with E-state index >= 15 is 0 Å². The Kier molecular flexibility index (Phi) is 3.08. The van der Waals surface area contributed by atoms with Crippen molar-refractivity contribution >= 4 is 17.2 Å². The van der Waals surface area contributed by atoms with E-state index in [9.17, 15) is 4.79 Å². The van der Waals surface area contributed by atoms with Gasteiger partial charge < -0.3 is 4.90 Å². The van der Waals surface area contributed by atoms with Gasteiger partial charge in [0.2, 0.25) is 0 Å². The Bertz CT molecular complexity index is 601. The first-order chi connectivity index (χ1) is 9.25. The van der Waals surface area contributed by atoms with Crippen LogP contribution in [-0.2, 0) is 6.42 Å². The molecule has 0 fully saturated rings. The van der Waals surface area contributed by atoms with Crippen molar-refractivity contribution in [2.75, 3.05) is 11.4 Å². The van der Waals surface area contributed by atoms with Crippen molar-refractivity contribution in [3.8, 4) is 0 Å². The third-order valence-electron chi connectivity index (χ3n) is 3.70. The topological polar surface area (TPSA) is 20.3 Å². The van der Waals surface area contributed by atoms with Crippen LogP contribution >= 0.6 is 0 Å². The molecule has 0 saturated carbocycles. The van der Waals surface area contributed by atoms with Crippen molar-refractivity contribution in [3.05, 3.63) is 59.7 Å². The van der Waals surface area contributed by atoms with Gasteiger partial charge >= 0.3 is 0 Å². The lowest BCUT2D eigenvalue weighted by Crippen LogP contribution is -2.24. The molecule has 0 saturated heterocycles. The Labute approximate surface area is 113 Å². The molecular formula is C17H17NO. The fraction of sp³-hybridized carbons (Fsp3) is 0.235. The lowest BCUT2D eigenvalue weighted by Gasteiger charge is -2.31. The van der Waals surface area contributed by atoms with Crippen molar-refractivity contribution in [1.29, 1.82) is 0 Å². The molecule has 0 unspecified atom stereocenters. The minimum Gasteiger partial charge on any atom is -0.341 e. The second-order valence-electron chi connectivity index (χ2n) is 4.99. The average molecular weight is 251 g/mol. The van der Waals surface area contributed by atoms with Crippen LogP contribution in [0.5, 0.6) is 0 Å². The summed E-state index contributed by atoms with van der Waals surface area (Å²) in [5.74, 6) is 0.116. The molecule has 3 rings (SSSR count). The molecule has 96 valence electrons. The van der Waals surface area contributed by atoms with E-state index in [-0.39, 0.29) is 5.78 Å². The lowest BCUT2D eigenvalue weighted by atomic mass is 10.0. The minimum atomic E-state index is 0.116. The van der Waals surface area contributed by atoms with Crippen molar-refractivity contribution in [1.82, 2.24) is 0 Å². The maximum atomic E-state index is 11.3. The van der Waals surface area contributed by atoms with E-state index in [2.05, 4.69) is 29.2 Å². The van der Waals surface area contributed by atoms with Gasteiger partial charge in [-0.05, 0) is 55.7 Å². The van der Waals surface area contributed by atoms with Crippen LogP contribution in [0.4, 0.5) is 11.4 Å². The normalized spacial score (nSPS) is 14.1. The predicted molar refractivity (Wildman–Crippen MR) is 78.2 cm³/mol. The Morgan fingerprint density at radius 2 is 1.79 bits per heavy atom. The van der Waals surface area contributed by atoms with Crippen LogP contribution in [0.15, 0.2) is 48.5 Å². The van der Waals surface area contributed by atoms with Crippen LogP contribution in [0.3, 0.4) is 0 Å². The summed E-state index contributed by atoms with van der Waals surface area (Å²) in [5.41, 5.74) is 4.64. The van der Waals surface area contributed by atoms with Gasteiger partial charge in [-0.25, -0.2) is 0 Å². The van der Waals surface area contributed by atoms with Crippen LogP contribution in [0, 0.1) is 0 Å². The van der Waals surface area contributed by atoms with Gasteiger partial charge in [-0.15, -0.1) is 0 Å². The number of carbonyl (C=O) groups excluding carboxylic acids is 1. The summed E-state index contributed by atoms with van der Waals surface area (Å²) < 4.78 is 0. The van der Waals surface area contributed by atoms with Gasteiger partial charge in [-0.2, -0.15) is 0 Å². The monoisotopic (exact) mass is 251 g/mol. The van der Waals surface area contributed by atoms with Crippen LogP contribution in [0.2, 0.25) is 0 Å². The number of aryl methyl sites for hydroxylation is 1. The Morgan fingerprint density at radius 3 is 2.53 bits per heavy atom. The Morgan fingerprint density at radius 1 is 1.05 bits per heavy atom. The molecule has 0 aliphatic carbocycles.